The van der Waals surface area contributed by atoms with Crippen molar-refractivity contribution < 1.29 is 49.3 Å². The van der Waals surface area contributed by atoms with Crippen LogP contribution >= 0.6 is 0 Å². The first-order valence-corrected chi connectivity index (χ1v) is 34.4. The summed E-state index contributed by atoms with van der Waals surface area (Å²) in [5, 5.41) is 57.1. The quantitative estimate of drug-likeness (QED) is 0.0195. The van der Waals surface area contributed by atoms with E-state index in [1.807, 2.05) is 6.08 Å². The number of esters is 1. The van der Waals surface area contributed by atoms with E-state index < -0.39 is 67.4 Å². The van der Waals surface area contributed by atoms with Gasteiger partial charge in [-0.1, -0.05) is 279 Å². The maximum absolute atomic E-state index is 13.4. The summed E-state index contributed by atoms with van der Waals surface area (Å²) in [5.41, 5.74) is 0. The minimum absolute atomic E-state index is 0.118. The molecule has 1 aliphatic heterocycles. The second-order valence-electron chi connectivity index (χ2n) is 23.5. The van der Waals surface area contributed by atoms with Crippen LogP contribution in [0.1, 0.15) is 297 Å². The SMILES string of the molecule is CC/C=C\C/C=C\C/C=C\C/C=C\C/C=C\CCCCC(O)C(=O)NC(COC1OC(CO)C(O)C(O)C1OC(=O)CCCCCCCCCCCCCCC/C=C/CCCCCCCC)C(O)/C=C/CCCCCCCCCCCCC. The molecule has 0 radical (unpaired) electrons. The minimum atomic E-state index is -1.62. The maximum Gasteiger partial charge on any atom is 0.306 e. The molecule has 0 aromatic heterocycles. The average Bonchev–Trinajstić information content (AvgIpc) is 3.54. The van der Waals surface area contributed by atoms with Crippen molar-refractivity contribution in [1.29, 1.82) is 0 Å². The molecule has 0 aromatic carbocycles. The van der Waals surface area contributed by atoms with Crippen LogP contribution in [0.3, 0.4) is 0 Å². The van der Waals surface area contributed by atoms with Crippen LogP contribution in [0, 0.1) is 0 Å². The van der Waals surface area contributed by atoms with Gasteiger partial charge in [0.1, 0.15) is 24.4 Å². The van der Waals surface area contributed by atoms with Gasteiger partial charge < -0.3 is 45.1 Å². The van der Waals surface area contributed by atoms with Gasteiger partial charge in [-0.2, -0.15) is 0 Å². The van der Waals surface area contributed by atoms with E-state index in [-0.39, 0.29) is 19.4 Å². The van der Waals surface area contributed by atoms with Gasteiger partial charge in [0.25, 0.3) is 0 Å². The zero-order chi connectivity index (χ0) is 60.3. The van der Waals surface area contributed by atoms with Crippen molar-refractivity contribution in [2.75, 3.05) is 13.2 Å². The fourth-order valence-electron chi connectivity index (χ4n) is 10.4. The van der Waals surface area contributed by atoms with Crippen LogP contribution in [0.5, 0.6) is 0 Å². The number of ether oxygens (including phenoxy) is 3. The number of carbonyl (C=O) groups is 2. The maximum atomic E-state index is 13.4. The van der Waals surface area contributed by atoms with Crippen LogP contribution in [-0.2, 0) is 23.8 Å². The van der Waals surface area contributed by atoms with Gasteiger partial charge in [0.2, 0.25) is 5.91 Å². The summed E-state index contributed by atoms with van der Waals surface area (Å²) in [5.74, 6) is -1.23. The van der Waals surface area contributed by atoms with Crippen LogP contribution in [0.2, 0.25) is 0 Å². The molecule has 1 fully saturated rings. The molecule has 11 heteroatoms. The van der Waals surface area contributed by atoms with Gasteiger partial charge in [0.15, 0.2) is 12.4 Å². The third-order valence-corrected chi connectivity index (χ3v) is 15.8. The highest BCUT2D eigenvalue weighted by atomic mass is 16.7. The van der Waals surface area contributed by atoms with E-state index in [2.05, 4.69) is 99.0 Å². The summed E-state index contributed by atoms with van der Waals surface area (Å²) >= 11 is 0. The molecule has 0 aromatic rings. The Kier molecular flexibility index (Phi) is 55.5. The van der Waals surface area contributed by atoms with Gasteiger partial charge in [-0.3, -0.25) is 9.59 Å². The minimum Gasteiger partial charge on any atom is -0.454 e. The molecule has 0 spiro atoms. The van der Waals surface area contributed by atoms with Crippen molar-refractivity contribution in [3.63, 3.8) is 0 Å². The lowest BCUT2D eigenvalue weighted by Gasteiger charge is -2.41. The third kappa shape index (κ3) is 46.7. The summed E-state index contributed by atoms with van der Waals surface area (Å²) in [6, 6.07) is -1.05. The average molecular weight is 1170 g/mol. The Bertz CT molecular complexity index is 1670. The molecule has 83 heavy (non-hydrogen) atoms. The molecular formula is C72H127NO10. The highest BCUT2D eigenvalue weighted by Crippen LogP contribution is 2.26. The summed E-state index contributed by atoms with van der Waals surface area (Å²) in [7, 11) is 0. The molecule has 0 aliphatic carbocycles. The summed E-state index contributed by atoms with van der Waals surface area (Å²) in [4.78, 5) is 26.6. The van der Waals surface area contributed by atoms with Gasteiger partial charge >= 0.3 is 5.97 Å². The molecule has 6 N–H and O–H groups in total. The van der Waals surface area contributed by atoms with Crippen LogP contribution in [0.15, 0.2) is 85.1 Å². The van der Waals surface area contributed by atoms with Crippen LogP contribution in [0.4, 0.5) is 0 Å². The van der Waals surface area contributed by atoms with Crippen LogP contribution in [-0.4, -0.2) is 99.6 Å². The lowest BCUT2D eigenvalue weighted by molar-refractivity contribution is -0.305. The first kappa shape index (κ1) is 77.9. The largest absolute Gasteiger partial charge is 0.454 e. The Morgan fingerprint density at radius 1 is 0.482 bits per heavy atom. The highest BCUT2D eigenvalue weighted by molar-refractivity contribution is 5.80. The summed E-state index contributed by atoms with van der Waals surface area (Å²) in [6.45, 7) is 5.68. The number of aliphatic hydroxyl groups excluding tert-OH is 5. The molecule has 1 aliphatic rings. The molecule has 480 valence electrons. The Labute approximate surface area is 508 Å². The number of aliphatic hydroxyl groups is 5. The zero-order valence-electron chi connectivity index (χ0n) is 53.3. The second-order valence-corrected chi connectivity index (χ2v) is 23.5. The monoisotopic (exact) mass is 1170 g/mol. The Hall–Kier alpha value is -3.16. The van der Waals surface area contributed by atoms with Crippen molar-refractivity contribution in [1.82, 2.24) is 5.32 Å². The number of nitrogens with one attached hydrogen (secondary N) is 1. The molecule has 1 heterocycles. The molecule has 11 nitrogen and oxygen atoms in total. The topological polar surface area (TPSA) is 175 Å². The smallest absolute Gasteiger partial charge is 0.306 e. The predicted octanol–water partition coefficient (Wildman–Crippen LogP) is 17.3. The van der Waals surface area contributed by atoms with Gasteiger partial charge in [-0.25, -0.2) is 0 Å². The van der Waals surface area contributed by atoms with E-state index in [1.165, 1.54) is 167 Å². The predicted molar refractivity (Wildman–Crippen MR) is 347 cm³/mol. The third-order valence-electron chi connectivity index (χ3n) is 15.8. The fraction of sp³-hybridized carbons (Fsp3) is 0.778. The first-order chi connectivity index (χ1) is 40.7. The normalized spacial score (nSPS) is 19.1. The Morgan fingerprint density at radius 2 is 0.867 bits per heavy atom. The van der Waals surface area contributed by atoms with Crippen LogP contribution < -0.4 is 5.32 Å². The first-order valence-electron chi connectivity index (χ1n) is 34.4. The second kappa shape index (κ2) is 59.2. The standard InChI is InChI=1S/C72H127NO10/c1-4-7-10-13-16-19-22-25-27-29-31-32-33-34-35-37-39-42-45-48-51-54-57-60-67(77)83-70-69(79)68(78)66(61-74)82-72(70)81-62-63(64(75)58-55-52-49-46-43-40-24-21-18-15-12-9-6-3)73-71(80)65(76)59-56-53-50-47-44-41-38-36-30-28-26-23-20-17-14-11-8-5-2/h8,11,17,20,25-28,36,38,44,47,55,58,63-66,68-70,72,74-76,78-79H,4-7,9-10,12-16,18-19,21-24,29-35,37,39-43,45-46,48-54,56-57,59-62H2,1-3H3,(H,73,80)/b11-8-,20-17-,27-25+,28-26-,38-36-,47-44-,58-55+. The van der Waals surface area contributed by atoms with Gasteiger partial charge in [0.05, 0.1) is 25.4 Å². The molecule has 0 saturated carbocycles. The molecule has 1 saturated heterocycles. The van der Waals surface area contributed by atoms with E-state index in [0.29, 0.717) is 12.8 Å². The zero-order valence-corrected chi connectivity index (χ0v) is 53.3. The summed E-state index contributed by atoms with van der Waals surface area (Å²) in [6.07, 6.45) is 67.6. The molecular weight excluding hydrogens is 1040 g/mol. The molecule has 1 rings (SSSR count). The van der Waals surface area contributed by atoms with E-state index in [9.17, 15) is 35.1 Å². The highest BCUT2D eigenvalue weighted by Gasteiger charge is 2.47. The van der Waals surface area contributed by atoms with Crippen molar-refractivity contribution >= 4 is 11.9 Å². The number of hydrogen-bond acceptors (Lipinski definition) is 10. The van der Waals surface area contributed by atoms with Crippen LogP contribution in [0.25, 0.3) is 0 Å². The van der Waals surface area contributed by atoms with E-state index in [1.54, 1.807) is 6.08 Å². The Morgan fingerprint density at radius 3 is 1.31 bits per heavy atom. The molecule has 0 bridgehead atoms. The number of carbonyl (C=O) groups excluding carboxylic acids is 2. The fourth-order valence-corrected chi connectivity index (χ4v) is 10.4. The lowest BCUT2D eigenvalue weighted by Crippen LogP contribution is -2.61. The van der Waals surface area contributed by atoms with Gasteiger partial charge in [-0.15, -0.1) is 0 Å². The van der Waals surface area contributed by atoms with Gasteiger partial charge in [-0.05, 0) is 96.3 Å². The van der Waals surface area contributed by atoms with Crippen molar-refractivity contribution in [3.8, 4) is 0 Å². The van der Waals surface area contributed by atoms with Gasteiger partial charge in [0, 0.05) is 6.42 Å². The molecule has 1 amide bonds. The van der Waals surface area contributed by atoms with E-state index in [0.717, 1.165) is 83.5 Å². The lowest BCUT2D eigenvalue weighted by atomic mass is 9.99. The number of amides is 1. The van der Waals surface area contributed by atoms with Crippen molar-refractivity contribution in [2.24, 2.45) is 0 Å². The summed E-state index contributed by atoms with van der Waals surface area (Å²) < 4.78 is 17.7. The number of rotatable bonds is 58. The number of unbranched alkanes of at least 4 members (excludes halogenated alkanes) is 32. The van der Waals surface area contributed by atoms with E-state index >= 15 is 0 Å². The van der Waals surface area contributed by atoms with Crippen molar-refractivity contribution in [3.05, 3.63) is 85.1 Å². The van der Waals surface area contributed by atoms with E-state index in [4.69, 9.17) is 14.2 Å². The number of allylic oxidation sites excluding steroid dienone is 13. The molecule has 8 atom stereocenters. The Balaban J connectivity index is 2.63. The molecule has 8 unspecified atom stereocenters. The number of hydrogen-bond donors (Lipinski definition) is 6. The van der Waals surface area contributed by atoms with Crippen molar-refractivity contribution in [2.45, 2.75) is 346 Å².